The molecule has 3 rings (SSSR count). The molecule has 0 N–H and O–H groups in total. The number of methoxy groups -OCH3 is 1. The first-order valence-electron chi connectivity index (χ1n) is 9.62. The number of nitrogens with zero attached hydrogens (tertiary/aromatic N) is 1. The molecule has 6 nitrogen and oxygen atoms in total. The number of hydrogen-bond acceptors (Lipinski definition) is 5. The molecule has 0 radical (unpaired) electrons. The summed E-state index contributed by atoms with van der Waals surface area (Å²) in [6, 6.07) is 13.7. The summed E-state index contributed by atoms with van der Waals surface area (Å²) >= 11 is 0. The highest BCUT2D eigenvalue weighted by atomic mass is 16.5. The van der Waals surface area contributed by atoms with Gasteiger partial charge in [0.05, 0.1) is 19.4 Å². The molecular weight excluding hydrogens is 370 g/mol. The second kappa shape index (κ2) is 9.89. The number of carbonyl (C=O) groups is 2. The lowest BCUT2D eigenvalue weighted by Crippen LogP contribution is -2.23. The molecule has 0 aromatic heterocycles. The van der Waals surface area contributed by atoms with Gasteiger partial charge in [0.1, 0.15) is 12.4 Å². The molecule has 29 heavy (non-hydrogen) atoms. The van der Waals surface area contributed by atoms with Crippen molar-refractivity contribution in [3.05, 3.63) is 53.6 Å². The van der Waals surface area contributed by atoms with E-state index in [9.17, 15) is 9.59 Å². The lowest BCUT2D eigenvalue weighted by Gasteiger charge is -2.18. The Morgan fingerprint density at radius 2 is 1.86 bits per heavy atom. The van der Waals surface area contributed by atoms with Crippen molar-refractivity contribution in [2.75, 3.05) is 38.4 Å². The van der Waals surface area contributed by atoms with E-state index in [1.165, 1.54) is 7.11 Å². The Kier molecular flexibility index (Phi) is 7.03. The molecule has 1 amide bonds. The highest BCUT2D eigenvalue weighted by Crippen LogP contribution is 2.32. The first-order chi connectivity index (χ1) is 14.2. The zero-order valence-corrected chi connectivity index (χ0v) is 16.7. The summed E-state index contributed by atoms with van der Waals surface area (Å²) in [4.78, 5) is 25.1. The predicted molar refractivity (Wildman–Crippen MR) is 112 cm³/mol. The summed E-state index contributed by atoms with van der Waals surface area (Å²) in [6.07, 6.45) is 3.05. The van der Waals surface area contributed by atoms with Crippen LogP contribution in [0.4, 0.5) is 5.69 Å². The minimum absolute atomic E-state index is 0.373. The van der Waals surface area contributed by atoms with Crippen molar-refractivity contribution >= 4 is 24.1 Å². The van der Waals surface area contributed by atoms with E-state index in [4.69, 9.17) is 14.2 Å². The maximum Gasteiger partial charge on any atom is 0.333 e. The van der Waals surface area contributed by atoms with Gasteiger partial charge in [-0.3, -0.25) is 4.79 Å². The fourth-order valence-electron chi connectivity index (χ4n) is 3.24. The van der Waals surface area contributed by atoms with E-state index >= 15 is 0 Å². The third kappa shape index (κ3) is 5.03. The minimum Gasteiger partial charge on any atom is -0.491 e. The second-order valence-corrected chi connectivity index (χ2v) is 6.55. The van der Waals surface area contributed by atoms with E-state index in [1.807, 2.05) is 49.4 Å². The maximum atomic E-state index is 12.0. The Morgan fingerprint density at radius 3 is 2.55 bits per heavy atom. The van der Waals surface area contributed by atoms with Crippen molar-refractivity contribution in [2.45, 2.75) is 13.3 Å². The molecule has 2 aromatic carbocycles. The molecule has 0 bridgehead atoms. The molecule has 6 heteroatoms. The van der Waals surface area contributed by atoms with Crippen molar-refractivity contribution in [3.8, 4) is 16.9 Å². The number of amides is 1. The van der Waals surface area contributed by atoms with Gasteiger partial charge >= 0.3 is 5.97 Å². The van der Waals surface area contributed by atoms with Gasteiger partial charge in [0.2, 0.25) is 6.41 Å². The highest BCUT2D eigenvalue weighted by Gasteiger charge is 2.20. The van der Waals surface area contributed by atoms with Crippen molar-refractivity contribution in [2.24, 2.45) is 0 Å². The van der Waals surface area contributed by atoms with Gasteiger partial charge in [-0.2, -0.15) is 0 Å². The second-order valence-electron chi connectivity index (χ2n) is 6.55. The molecule has 1 aliphatic heterocycles. The molecule has 0 atom stereocenters. The van der Waals surface area contributed by atoms with Crippen molar-refractivity contribution in [1.29, 1.82) is 0 Å². The van der Waals surface area contributed by atoms with Gasteiger partial charge in [0.25, 0.3) is 0 Å². The number of fused-ring (bicyclic) bond motifs is 1. The highest BCUT2D eigenvalue weighted by molar-refractivity contribution is 5.97. The van der Waals surface area contributed by atoms with E-state index in [-0.39, 0.29) is 5.97 Å². The molecule has 0 saturated heterocycles. The third-order valence-corrected chi connectivity index (χ3v) is 4.75. The van der Waals surface area contributed by atoms with Crippen LogP contribution in [0.25, 0.3) is 17.2 Å². The van der Waals surface area contributed by atoms with Gasteiger partial charge < -0.3 is 19.1 Å². The lowest BCUT2D eigenvalue weighted by molar-refractivity contribution is -0.136. The fourth-order valence-corrected chi connectivity index (χ4v) is 3.24. The van der Waals surface area contributed by atoms with Crippen LogP contribution in [0.15, 0.2) is 48.0 Å². The van der Waals surface area contributed by atoms with Crippen LogP contribution in [0.1, 0.15) is 18.9 Å². The lowest BCUT2D eigenvalue weighted by atomic mass is 10.0. The number of carbonyl (C=O) groups excluding carboxylic acids is 2. The van der Waals surface area contributed by atoms with E-state index in [0.29, 0.717) is 38.4 Å². The molecule has 1 heterocycles. The summed E-state index contributed by atoms with van der Waals surface area (Å²) in [6.45, 7) is 4.13. The summed E-state index contributed by atoms with van der Waals surface area (Å²) < 4.78 is 15.8. The molecule has 0 saturated carbocycles. The van der Waals surface area contributed by atoms with Gasteiger partial charge in [-0.15, -0.1) is 0 Å². The number of ether oxygens (including phenoxy) is 3. The smallest absolute Gasteiger partial charge is 0.333 e. The average molecular weight is 395 g/mol. The average Bonchev–Trinajstić information content (AvgIpc) is 2.95. The van der Waals surface area contributed by atoms with Crippen LogP contribution in [0, 0.1) is 0 Å². The SMILES string of the molecule is CCOCCOc1ccc(-c2ccc3c(c2)C=C(C(=O)OC)CCN3C=O)cc1. The molecule has 0 spiro atoms. The van der Waals surface area contributed by atoms with Crippen LogP contribution < -0.4 is 9.64 Å². The fraction of sp³-hybridized carbons (Fsp3) is 0.304. The molecule has 1 aliphatic rings. The first kappa shape index (κ1) is 20.6. The van der Waals surface area contributed by atoms with Gasteiger partial charge in [-0.05, 0) is 60.4 Å². The zero-order chi connectivity index (χ0) is 20.6. The number of esters is 1. The largest absolute Gasteiger partial charge is 0.491 e. The molecule has 152 valence electrons. The van der Waals surface area contributed by atoms with Crippen molar-refractivity contribution in [3.63, 3.8) is 0 Å². The molecule has 0 fully saturated rings. The Labute approximate surface area is 170 Å². The van der Waals surface area contributed by atoms with Crippen LogP contribution in [-0.2, 0) is 19.1 Å². The van der Waals surface area contributed by atoms with Gasteiger partial charge in [-0.25, -0.2) is 4.79 Å². The zero-order valence-electron chi connectivity index (χ0n) is 16.7. The van der Waals surface area contributed by atoms with Crippen LogP contribution in [0.2, 0.25) is 0 Å². The van der Waals surface area contributed by atoms with Gasteiger partial charge in [0, 0.05) is 18.7 Å². The molecule has 0 unspecified atom stereocenters. The summed E-state index contributed by atoms with van der Waals surface area (Å²) in [5.41, 5.74) is 4.13. The monoisotopic (exact) mass is 395 g/mol. The van der Waals surface area contributed by atoms with Crippen LogP contribution in [0.5, 0.6) is 5.75 Å². The minimum atomic E-state index is -0.373. The number of benzene rings is 2. The van der Waals surface area contributed by atoms with Crippen LogP contribution in [-0.4, -0.2) is 45.9 Å². The number of rotatable bonds is 8. The summed E-state index contributed by atoms with van der Waals surface area (Å²) in [5, 5.41) is 0. The molecule has 0 aliphatic carbocycles. The van der Waals surface area contributed by atoms with Crippen LogP contribution in [0.3, 0.4) is 0 Å². The summed E-state index contributed by atoms with van der Waals surface area (Å²) in [7, 11) is 1.36. The summed E-state index contributed by atoms with van der Waals surface area (Å²) in [5.74, 6) is 0.408. The normalized spacial score (nSPS) is 13.2. The molecular formula is C23H25NO5. The predicted octanol–water partition coefficient (Wildman–Crippen LogP) is 3.69. The van der Waals surface area contributed by atoms with Crippen molar-refractivity contribution in [1.82, 2.24) is 0 Å². The topological polar surface area (TPSA) is 65.1 Å². The van der Waals surface area contributed by atoms with E-state index < -0.39 is 0 Å². The van der Waals surface area contributed by atoms with E-state index in [0.717, 1.165) is 34.5 Å². The molecule has 2 aromatic rings. The van der Waals surface area contributed by atoms with Gasteiger partial charge in [-0.1, -0.05) is 18.2 Å². The first-order valence-corrected chi connectivity index (χ1v) is 9.62. The Bertz CT molecular complexity index is 889. The third-order valence-electron chi connectivity index (χ3n) is 4.75. The maximum absolute atomic E-state index is 12.0. The Hall–Kier alpha value is -3.12. The van der Waals surface area contributed by atoms with E-state index in [1.54, 1.807) is 11.0 Å². The van der Waals surface area contributed by atoms with Crippen molar-refractivity contribution < 1.29 is 23.8 Å². The quantitative estimate of drug-likeness (QED) is 0.387. The Balaban J connectivity index is 1.85. The van der Waals surface area contributed by atoms with Crippen LogP contribution >= 0.6 is 0 Å². The van der Waals surface area contributed by atoms with Gasteiger partial charge in [0.15, 0.2) is 0 Å². The Morgan fingerprint density at radius 1 is 1.10 bits per heavy atom. The standard InChI is InChI=1S/C23H25NO5/c1-3-28-12-13-29-21-7-4-17(5-8-21)18-6-9-22-20(14-18)15-19(23(26)27-2)10-11-24(22)16-25/h4-9,14-16H,3,10-13H2,1-2H3. The van der Waals surface area contributed by atoms with E-state index in [2.05, 4.69) is 0 Å². The number of anilines is 1. The number of hydrogen-bond donors (Lipinski definition) is 0.